The zero-order valence-corrected chi connectivity index (χ0v) is 20.1. The topological polar surface area (TPSA) is 35.5 Å². The maximum Gasteiger partial charge on any atom is 0.156 e. The molecular formula is C30H36O3. The highest BCUT2D eigenvalue weighted by molar-refractivity contribution is 5.93. The third-order valence-corrected chi connectivity index (χ3v) is 9.92. The summed E-state index contributed by atoms with van der Waals surface area (Å²) in [7, 11) is 1.73. The van der Waals surface area contributed by atoms with Crippen molar-refractivity contribution in [3.63, 3.8) is 0 Å². The van der Waals surface area contributed by atoms with Crippen molar-refractivity contribution >= 4 is 5.78 Å². The molecule has 0 bridgehead atoms. The molecule has 3 heteroatoms. The lowest BCUT2D eigenvalue weighted by Crippen LogP contribution is -2.55. The third-order valence-electron chi connectivity index (χ3n) is 9.92. The summed E-state index contributed by atoms with van der Waals surface area (Å²) in [5.41, 5.74) is 7.12. The Morgan fingerprint density at radius 2 is 1.91 bits per heavy atom. The number of ketones is 1. The van der Waals surface area contributed by atoms with E-state index in [4.69, 9.17) is 9.47 Å². The van der Waals surface area contributed by atoms with E-state index >= 15 is 0 Å². The van der Waals surface area contributed by atoms with Crippen molar-refractivity contribution in [1.29, 1.82) is 0 Å². The number of hydrogen-bond acceptors (Lipinski definition) is 3. The number of rotatable bonds is 2. The molecule has 33 heavy (non-hydrogen) atoms. The molecule has 1 aromatic rings. The van der Waals surface area contributed by atoms with Gasteiger partial charge in [0.15, 0.2) is 5.78 Å². The molecule has 0 aromatic heterocycles. The number of carbonyl (C=O) groups excluding carboxylic acids is 1. The Labute approximate surface area is 197 Å². The second-order valence-corrected chi connectivity index (χ2v) is 11.2. The van der Waals surface area contributed by atoms with Gasteiger partial charge in [-0.05, 0) is 104 Å². The molecule has 5 atom stereocenters. The van der Waals surface area contributed by atoms with E-state index in [1.807, 2.05) is 6.08 Å². The Bertz CT molecular complexity index is 1060. The van der Waals surface area contributed by atoms with Crippen molar-refractivity contribution in [3.05, 3.63) is 64.8 Å². The van der Waals surface area contributed by atoms with E-state index < -0.39 is 0 Å². The van der Waals surface area contributed by atoms with Crippen LogP contribution >= 0.6 is 0 Å². The van der Waals surface area contributed by atoms with Crippen LogP contribution < -0.4 is 4.74 Å². The van der Waals surface area contributed by atoms with Crippen molar-refractivity contribution in [2.45, 2.75) is 76.2 Å². The molecule has 1 heterocycles. The molecule has 1 saturated heterocycles. The van der Waals surface area contributed by atoms with E-state index in [1.54, 1.807) is 12.7 Å². The SMILES string of the molecule is C=C1CCCOC12CC[C@H]1[C@@H]3CCC4=CC(=O)CCC4=C3[C@@H](c3ccc(OC)cc3)C[C@@]12C. The van der Waals surface area contributed by atoms with E-state index in [9.17, 15) is 4.79 Å². The molecule has 6 rings (SSSR count). The minimum Gasteiger partial charge on any atom is -0.497 e. The minimum atomic E-state index is -0.171. The van der Waals surface area contributed by atoms with Crippen LogP contribution in [-0.4, -0.2) is 25.1 Å². The molecule has 3 fully saturated rings. The second-order valence-electron chi connectivity index (χ2n) is 11.2. The van der Waals surface area contributed by atoms with E-state index in [2.05, 4.69) is 37.8 Å². The van der Waals surface area contributed by atoms with Crippen LogP contribution in [0.25, 0.3) is 0 Å². The zero-order chi connectivity index (χ0) is 22.8. The molecule has 1 aromatic carbocycles. The fourth-order valence-electron chi connectivity index (χ4n) is 8.44. The summed E-state index contributed by atoms with van der Waals surface area (Å²) < 4.78 is 12.2. The van der Waals surface area contributed by atoms with Crippen LogP contribution in [0.1, 0.15) is 76.2 Å². The summed E-state index contributed by atoms with van der Waals surface area (Å²) in [4.78, 5) is 12.2. The summed E-state index contributed by atoms with van der Waals surface area (Å²) in [5, 5.41) is 0. The summed E-state index contributed by atoms with van der Waals surface area (Å²) >= 11 is 0. The molecule has 174 valence electrons. The van der Waals surface area contributed by atoms with Crippen molar-refractivity contribution < 1.29 is 14.3 Å². The van der Waals surface area contributed by atoms with Gasteiger partial charge in [0.25, 0.3) is 0 Å². The lowest BCUT2D eigenvalue weighted by molar-refractivity contribution is -0.128. The van der Waals surface area contributed by atoms with Gasteiger partial charge in [-0.15, -0.1) is 0 Å². The smallest absolute Gasteiger partial charge is 0.156 e. The molecule has 4 aliphatic carbocycles. The monoisotopic (exact) mass is 444 g/mol. The number of hydrogen-bond donors (Lipinski definition) is 0. The van der Waals surface area contributed by atoms with Gasteiger partial charge in [0.1, 0.15) is 5.75 Å². The van der Waals surface area contributed by atoms with Crippen LogP contribution in [0.2, 0.25) is 0 Å². The van der Waals surface area contributed by atoms with Gasteiger partial charge in [0, 0.05) is 24.4 Å². The molecule has 0 amide bonds. The third kappa shape index (κ3) is 3.00. The summed E-state index contributed by atoms with van der Waals surface area (Å²) in [6.07, 6.45) is 11.4. The first-order chi connectivity index (χ1) is 16.0. The first-order valence-corrected chi connectivity index (χ1v) is 12.9. The number of allylic oxidation sites excluding steroid dienone is 4. The molecular weight excluding hydrogens is 408 g/mol. The Morgan fingerprint density at radius 1 is 1.09 bits per heavy atom. The average Bonchev–Trinajstić information content (AvgIpc) is 3.12. The molecule has 5 aliphatic rings. The highest BCUT2D eigenvalue weighted by Gasteiger charge is 2.65. The van der Waals surface area contributed by atoms with Gasteiger partial charge in [-0.3, -0.25) is 4.79 Å². The lowest BCUT2D eigenvalue weighted by Gasteiger charge is -2.57. The highest BCUT2D eigenvalue weighted by Crippen LogP contribution is 2.69. The Morgan fingerprint density at radius 3 is 2.67 bits per heavy atom. The average molecular weight is 445 g/mol. The zero-order valence-electron chi connectivity index (χ0n) is 20.1. The Balaban J connectivity index is 1.51. The molecule has 0 radical (unpaired) electrons. The maximum atomic E-state index is 12.2. The lowest BCUT2D eigenvalue weighted by atomic mass is 9.50. The number of benzene rings is 1. The Kier molecular flexibility index (Phi) is 4.99. The van der Waals surface area contributed by atoms with E-state index in [-0.39, 0.29) is 11.0 Å². The van der Waals surface area contributed by atoms with Gasteiger partial charge in [-0.2, -0.15) is 0 Å². The quantitative estimate of drug-likeness (QED) is 0.476. The first-order valence-electron chi connectivity index (χ1n) is 12.9. The normalized spacial score (nSPS) is 38.0. The first kappa shape index (κ1) is 21.4. The van der Waals surface area contributed by atoms with Gasteiger partial charge >= 0.3 is 0 Å². The van der Waals surface area contributed by atoms with Crippen molar-refractivity contribution in [2.24, 2.45) is 17.3 Å². The van der Waals surface area contributed by atoms with Crippen LogP contribution in [0, 0.1) is 17.3 Å². The predicted octanol–water partition coefficient (Wildman–Crippen LogP) is 6.70. The number of fused-ring (bicyclic) bond motifs is 5. The van der Waals surface area contributed by atoms with Crippen LogP contribution in [-0.2, 0) is 9.53 Å². The standard InChI is InChI=1S/C30H36O3/c1-19-5-4-16-33-30(19)15-14-27-25-12-8-21-17-22(31)9-13-24(21)28(25)26(18-29(27,30)2)20-6-10-23(32-3)11-7-20/h6-7,10-11,17,25-27H,1,4-5,8-9,12-16,18H2,2-3H3/t25-,26+,27-,29-,30?/m0/s1. The molecule has 1 unspecified atom stereocenters. The van der Waals surface area contributed by atoms with Crippen LogP contribution in [0.4, 0.5) is 0 Å². The number of ether oxygens (including phenoxy) is 2. The Hall–Kier alpha value is -2.13. The van der Waals surface area contributed by atoms with Gasteiger partial charge in [-0.25, -0.2) is 0 Å². The number of methoxy groups -OCH3 is 1. The predicted molar refractivity (Wildman–Crippen MR) is 130 cm³/mol. The van der Waals surface area contributed by atoms with Crippen molar-refractivity contribution in [3.8, 4) is 5.75 Å². The maximum absolute atomic E-state index is 12.2. The van der Waals surface area contributed by atoms with Crippen LogP contribution in [0.15, 0.2) is 59.2 Å². The van der Waals surface area contributed by atoms with Crippen LogP contribution in [0.3, 0.4) is 0 Å². The molecule has 3 nitrogen and oxygen atoms in total. The summed E-state index contributed by atoms with van der Waals surface area (Å²) in [5.74, 6) is 2.78. The molecule has 0 N–H and O–H groups in total. The molecule has 1 aliphatic heterocycles. The van der Waals surface area contributed by atoms with E-state index in [0.29, 0.717) is 30.0 Å². The highest BCUT2D eigenvalue weighted by atomic mass is 16.5. The summed E-state index contributed by atoms with van der Waals surface area (Å²) in [6, 6.07) is 8.74. The largest absolute Gasteiger partial charge is 0.497 e. The van der Waals surface area contributed by atoms with Crippen LogP contribution in [0.5, 0.6) is 5.75 Å². The minimum absolute atomic E-state index is 0.0928. The number of carbonyl (C=O) groups is 1. The fourth-order valence-corrected chi connectivity index (χ4v) is 8.44. The van der Waals surface area contributed by atoms with Gasteiger partial charge < -0.3 is 9.47 Å². The summed E-state index contributed by atoms with van der Waals surface area (Å²) in [6.45, 7) is 7.97. The van der Waals surface area contributed by atoms with Gasteiger partial charge in [-0.1, -0.05) is 31.2 Å². The van der Waals surface area contributed by atoms with E-state index in [0.717, 1.165) is 57.3 Å². The van der Waals surface area contributed by atoms with Crippen molar-refractivity contribution in [2.75, 3.05) is 13.7 Å². The second kappa shape index (κ2) is 7.70. The van der Waals surface area contributed by atoms with E-state index in [1.165, 1.54) is 28.7 Å². The molecule has 2 saturated carbocycles. The van der Waals surface area contributed by atoms with Gasteiger partial charge in [0.05, 0.1) is 12.7 Å². The fraction of sp³-hybridized carbons (Fsp3) is 0.567. The van der Waals surface area contributed by atoms with Gasteiger partial charge in [0.2, 0.25) is 0 Å². The molecule has 1 spiro atoms. The van der Waals surface area contributed by atoms with Crippen molar-refractivity contribution in [1.82, 2.24) is 0 Å².